The van der Waals surface area contributed by atoms with Gasteiger partial charge in [-0.1, -0.05) is 71.1 Å². The van der Waals surface area contributed by atoms with Gasteiger partial charge in [-0.3, -0.25) is 19.2 Å². The summed E-state index contributed by atoms with van der Waals surface area (Å²) < 4.78 is 36.5. The molecule has 0 radical (unpaired) electrons. The van der Waals surface area contributed by atoms with Crippen LogP contribution in [-0.2, 0) is 52.4 Å². The number of Topliss-reactive ketones (excluding diaryl/α,β-unsaturated/α-hetero) is 3. The molecule has 15 nitrogen and oxygen atoms in total. The fourth-order valence-corrected chi connectivity index (χ4v) is 11.9. The summed E-state index contributed by atoms with van der Waals surface area (Å²) in [6.45, 7) is 15.7. The second-order valence-corrected chi connectivity index (χ2v) is 22.4. The Hall–Kier alpha value is -3.41. The van der Waals surface area contributed by atoms with Crippen LogP contribution < -0.4 is 5.32 Å². The van der Waals surface area contributed by atoms with Crippen LogP contribution in [0.3, 0.4) is 0 Å². The third kappa shape index (κ3) is 16.8. The van der Waals surface area contributed by atoms with Gasteiger partial charge < -0.3 is 48.9 Å². The average Bonchev–Trinajstić information content (AvgIpc) is 3.38. The van der Waals surface area contributed by atoms with E-state index < -0.39 is 77.8 Å². The van der Waals surface area contributed by atoms with Crippen molar-refractivity contribution < 1.29 is 62.6 Å². The number of nitrogens with one attached hydrogen (secondary N) is 1. The summed E-state index contributed by atoms with van der Waals surface area (Å²) in [6, 6.07) is -1.13. The molecule has 1 amide bonds. The fourth-order valence-electron chi connectivity index (χ4n) is 11.9. The quantitative estimate of drug-likeness (QED) is 0.143. The number of rotatable bonds is 10. The highest BCUT2D eigenvalue weighted by molar-refractivity contribution is 6.39. The number of aliphatic hydroxyl groups excluding tert-OH is 1. The monoisotopic (exact) mass is 1020 g/mol. The minimum absolute atomic E-state index is 0.0234. The Morgan fingerprint density at radius 1 is 0.836 bits per heavy atom. The van der Waals surface area contributed by atoms with Gasteiger partial charge >= 0.3 is 5.97 Å². The van der Waals surface area contributed by atoms with E-state index in [-0.39, 0.29) is 60.9 Å². The number of carbonyl (C=O) groups is 5. The minimum atomic E-state index is -2.43. The zero-order valence-electron chi connectivity index (χ0n) is 45.9. The van der Waals surface area contributed by atoms with Crippen LogP contribution in [-0.4, -0.2) is 146 Å². The van der Waals surface area contributed by atoms with E-state index in [2.05, 4.69) is 5.32 Å². The molecule has 0 aromatic rings. The molecule has 1 unspecified atom stereocenters. The number of ether oxygens (including phenoxy) is 6. The first-order valence-corrected chi connectivity index (χ1v) is 27.6. The van der Waals surface area contributed by atoms with E-state index in [0.717, 1.165) is 57.2 Å². The Balaban J connectivity index is 1.42. The summed E-state index contributed by atoms with van der Waals surface area (Å²) in [7, 11) is 4.71. The molecule has 4 heterocycles. The molecule has 15 heteroatoms. The maximum atomic E-state index is 14.6. The van der Waals surface area contributed by atoms with Gasteiger partial charge in [0, 0.05) is 65.1 Å². The number of hydrogen-bond acceptors (Lipinski definition) is 14. The van der Waals surface area contributed by atoms with E-state index in [9.17, 15) is 34.2 Å². The summed E-state index contributed by atoms with van der Waals surface area (Å²) in [6.07, 6.45) is 16.2. The Kier molecular flexibility index (Phi) is 24.2. The molecule has 1 saturated carbocycles. The first-order valence-electron chi connectivity index (χ1n) is 27.6. The van der Waals surface area contributed by atoms with Gasteiger partial charge in [-0.15, -0.1) is 0 Å². The number of piperidine rings is 2. The van der Waals surface area contributed by atoms with Crippen LogP contribution in [0.1, 0.15) is 145 Å². The van der Waals surface area contributed by atoms with Crippen LogP contribution in [0, 0.1) is 41.4 Å². The summed E-state index contributed by atoms with van der Waals surface area (Å²) in [5.74, 6) is -7.04. The largest absolute Gasteiger partial charge is 0.460 e. The van der Waals surface area contributed by atoms with Gasteiger partial charge in [-0.05, 0) is 145 Å². The lowest BCUT2D eigenvalue weighted by atomic mass is 9.78. The number of methoxy groups -OCH3 is 3. The normalized spacial score (nSPS) is 36.5. The van der Waals surface area contributed by atoms with E-state index in [0.29, 0.717) is 63.0 Å². The van der Waals surface area contributed by atoms with Crippen LogP contribution in [0.5, 0.6) is 0 Å². The minimum Gasteiger partial charge on any atom is -0.460 e. The van der Waals surface area contributed by atoms with Crippen LogP contribution >= 0.6 is 0 Å². The molecule has 0 aromatic carbocycles. The zero-order valence-corrected chi connectivity index (χ0v) is 45.9. The smallest absolute Gasteiger partial charge is 0.329 e. The number of hydrogen-bond donors (Lipinski definition) is 3. The van der Waals surface area contributed by atoms with Crippen molar-refractivity contribution in [3.8, 4) is 0 Å². The number of esters is 1. The Labute approximate surface area is 436 Å². The fraction of sp³-hybridized carbons (Fsp3) is 0.776. The van der Waals surface area contributed by atoms with Crippen LogP contribution in [0.2, 0.25) is 0 Å². The highest BCUT2D eigenvalue weighted by Crippen LogP contribution is 2.38. The molecule has 3 saturated heterocycles. The lowest BCUT2D eigenvalue weighted by molar-refractivity contribution is -0.265. The molecule has 2 bridgehead atoms. The van der Waals surface area contributed by atoms with Gasteiger partial charge in [0.25, 0.3) is 11.7 Å². The van der Waals surface area contributed by atoms with Crippen molar-refractivity contribution in [1.82, 2.24) is 10.2 Å². The molecule has 3 N–H and O–H groups in total. The van der Waals surface area contributed by atoms with Crippen molar-refractivity contribution in [2.24, 2.45) is 41.4 Å². The number of nitrogens with zero attached hydrogens (tertiary/aromatic N) is 1. The number of fused-ring (bicyclic) bond motifs is 3. The highest BCUT2D eigenvalue weighted by Gasteiger charge is 2.53. The maximum Gasteiger partial charge on any atom is 0.329 e. The second-order valence-electron chi connectivity index (χ2n) is 22.4. The molecule has 5 rings (SSSR count). The summed E-state index contributed by atoms with van der Waals surface area (Å²) in [5, 5.41) is 27.0. The number of carbonyl (C=O) groups excluding carboxylic acids is 5. The average molecular weight is 1030 g/mol. The highest BCUT2D eigenvalue weighted by atomic mass is 16.6. The molecule has 15 atom stereocenters. The number of ketones is 3. The number of aliphatic hydroxyl groups is 2. The summed E-state index contributed by atoms with van der Waals surface area (Å²) in [4.78, 5) is 72.6. The number of amides is 1. The van der Waals surface area contributed by atoms with Crippen LogP contribution in [0.25, 0.3) is 0 Å². The lowest BCUT2D eigenvalue weighted by Gasteiger charge is -2.42. The molecule has 1 aliphatic carbocycles. The molecule has 0 aromatic heterocycles. The van der Waals surface area contributed by atoms with E-state index in [1.165, 1.54) is 12.0 Å². The molecule has 5 aliphatic rings. The maximum absolute atomic E-state index is 14.6. The molecular weight excluding hydrogens is 933 g/mol. The Morgan fingerprint density at radius 2 is 1.58 bits per heavy atom. The van der Waals surface area contributed by atoms with Gasteiger partial charge in [0.1, 0.15) is 18.2 Å². The van der Waals surface area contributed by atoms with E-state index in [1.54, 1.807) is 41.1 Å². The van der Waals surface area contributed by atoms with Crippen molar-refractivity contribution >= 4 is 29.2 Å². The predicted molar refractivity (Wildman–Crippen MR) is 279 cm³/mol. The Bertz CT molecular complexity index is 1940. The first kappa shape index (κ1) is 60.5. The van der Waals surface area contributed by atoms with E-state index in [1.807, 2.05) is 58.1 Å². The lowest BCUT2D eigenvalue weighted by Crippen LogP contribution is -2.61. The van der Waals surface area contributed by atoms with E-state index in [4.69, 9.17) is 28.4 Å². The van der Waals surface area contributed by atoms with Gasteiger partial charge in [0.15, 0.2) is 11.6 Å². The molecule has 73 heavy (non-hydrogen) atoms. The summed E-state index contributed by atoms with van der Waals surface area (Å²) >= 11 is 0. The topological polar surface area (TPSA) is 196 Å². The molecule has 0 spiro atoms. The third-order valence-electron chi connectivity index (χ3n) is 16.8. The predicted octanol–water partition coefficient (Wildman–Crippen LogP) is 7.59. The third-order valence-corrected chi connectivity index (χ3v) is 16.8. The standard InChI is InChI=1S/C58H92N2O13/c1-36-16-12-11-13-17-37(2)49(68-8)34-45-21-19-42(7)58(67,73-45)55(64)56(65)60-28-15-14-18-46(60)57(66)72-50(35-47(61)38(3)31-41(6)53(63)54(70-10)52(62)40(5)30-36)39(4)32-44-20-22-48(51(33-44)69-9)71-29-25-43-23-26-59-27-24-43/h11-13,16-17,31,36,39-46,48-51,53-54,59,63,67H,14-15,18-30,32-35H2,1-10H3/t36-,39-,40-,41?,42-,44+,45+,46+,48-,49+,50+,51-,53-,54+,58-/m1/s1. The molecule has 4 fully saturated rings. The van der Waals surface area contributed by atoms with Crippen molar-refractivity contribution in [2.75, 3.05) is 47.6 Å². The Morgan fingerprint density at radius 3 is 2.27 bits per heavy atom. The van der Waals surface area contributed by atoms with Gasteiger partial charge in [-0.2, -0.15) is 0 Å². The molecular formula is C58H92N2O13. The van der Waals surface area contributed by atoms with Crippen molar-refractivity contribution in [3.63, 3.8) is 0 Å². The second kappa shape index (κ2) is 29.2. The van der Waals surface area contributed by atoms with Crippen LogP contribution in [0.4, 0.5) is 0 Å². The SMILES string of the molecule is CO[C@H]1C[C@@H]2CC[C@@H](C)[C@@](O)(O2)C(=O)C(=O)N2CCCC[C@H]2C(=O)O[C@H]([C@H](C)C[C@@H]2CC[C@@H](OCCC3CCNCC3)[C@H](OC)C2)CC(=O)C(C)=CC(C)[C@@H](O)[C@@H](OC)C(=O)[C@H](C)C[C@H](C)C=CC=CC=C1C. The van der Waals surface area contributed by atoms with Crippen LogP contribution in [0.15, 0.2) is 47.6 Å². The first-order chi connectivity index (χ1) is 34.8. The van der Waals surface area contributed by atoms with Crippen molar-refractivity contribution in [2.45, 2.75) is 199 Å². The van der Waals surface area contributed by atoms with Crippen molar-refractivity contribution in [3.05, 3.63) is 47.6 Å². The number of allylic oxidation sites excluding steroid dienone is 6. The van der Waals surface area contributed by atoms with Gasteiger partial charge in [0.05, 0.1) is 30.5 Å². The van der Waals surface area contributed by atoms with E-state index >= 15 is 0 Å². The summed E-state index contributed by atoms with van der Waals surface area (Å²) in [5.41, 5.74) is 1.22. The number of cyclic esters (lactones) is 1. The zero-order chi connectivity index (χ0) is 53.4. The molecule has 412 valence electrons. The van der Waals surface area contributed by atoms with Gasteiger partial charge in [0.2, 0.25) is 5.79 Å². The van der Waals surface area contributed by atoms with Crippen molar-refractivity contribution in [1.29, 1.82) is 0 Å². The molecule has 4 aliphatic heterocycles. The van der Waals surface area contributed by atoms with Gasteiger partial charge in [-0.25, -0.2) is 4.79 Å².